The Labute approximate surface area is 97.3 Å². The molecule has 0 heterocycles. The summed E-state index contributed by atoms with van der Waals surface area (Å²) in [6.45, 7) is 5.59. The Morgan fingerprint density at radius 1 is 1.50 bits per heavy atom. The number of carboxylic acids is 1. The maximum atomic E-state index is 10.8. The molecule has 0 saturated heterocycles. The van der Waals surface area contributed by atoms with Crippen LogP contribution in [-0.4, -0.2) is 62.0 Å². The Morgan fingerprint density at radius 3 is 2.56 bits per heavy atom. The number of rotatable bonds is 9. The van der Waals surface area contributed by atoms with E-state index in [1.165, 1.54) is 0 Å². The number of hydrogen-bond donors (Lipinski definition) is 1. The normalized spacial score (nSPS) is 15.1. The molecule has 0 saturated carbocycles. The summed E-state index contributed by atoms with van der Waals surface area (Å²) in [5.74, 6) is -0.894. The number of carboxylic acid groups (broad SMARTS) is 1. The van der Waals surface area contributed by atoms with Crippen LogP contribution in [0.25, 0.3) is 0 Å². The van der Waals surface area contributed by atoms with Crippen molar-refractivity contribution in [3.63, 3.8) is 0 Å². The van der Waals surface area contributed by atoms with Gasteiger partial charge in [0.25, 0.3) is 0 Å². The highest BCUT2D eigenvalue weighted by Crippen LogP contribution is 2.03. The molecule has 0 aliphatic rings. The molecule has 0 aliphatic carbocycles. The molecule has 16 heavy (non-hydrogen) atoms. The minimum Gasteiger partial charge on any atom is -0.479 e. The molecule has 0 aromatic heterocycles. The molecule has 0 aromatic carbocycles. The minimum absolute atomic E-state index is 0.279. The first kappa shape index (κ1) is 15.3. The molecule has 2 atom stereocenters. The smallest absolute Gasteiger partial charge is 0.332 e. The molecule has 96 valence electrons. The number of nitrogens with zero attached hydrogens (tertiary/aromatic N) is 1. The Morgan fingerprint density at radius 2 is 2.12 bits per heavy atom. The summed E-state index contributed by atoms with van der Waals surface area (Å²) in [7, 11) is 3.61. The van der Waals surface area contributed by atoms with E-state index in [4.69, 9.17) is 14.6 Å². The lowest BCUT2D eigenvalue weighted by Gasteiger charge is -2.25. The first-order valence-corrected chi connectivity index (χ1v) is 5.56. The molecule has 0 spiro atoms. The van der Waals surface area contributed by atoms with E-state index in [2.05, 4.69) is 4.90 Å². The third-order valence-electron chi connectivity index (χ3n) is 2.55. The van der Waals surface area contributed by atoms with Crippen molar-refractivity contribution < 1.29 is 19.4 Å². The van der Waals surface area contributed by atoms with Gasteiger partial charge in [0, 0.05) is 26.3 Å². The van der Waals surface area contributed by atoms with Gasteiger partial charge in [0.15, 0.2) is 6.10 Å². The van der Waals surface area contributed by atoms with E-state index >= 15 is 0 Å². The van der Waals surface area contributed by atoms with Gasteiger partial charge in [-0.1, -0.05) is 0 Å². The second kappa shape index (κ2) is 8.50. The van der Waals surface area contributed by atoms with Crippen LogP contribution in [0.15, 0.2) is 0 Å². The molecule has 0 aromatic rings. The number of aliphatic carboxylic acids is 1. The van der Waals surface area contributed by atoms with Gasteiger partial charge in [-0.15, -0.1) is 0 Å². The average molecular weight is 233 g/mol. The number of methoxy groups -OCH3 is 1. The standard InChI is InChI=1S/C11H23NO4/c1-5-16-10(11(13)14)6-7-12(3)9(2)8-15-4/h9-10H,5-8H2,1-4H3,(H,13,14). The predicted molar refractivity (Wildman–Crippen MR) is 61.6 cm³/mol. The summed E-state index contributed by atoms with van der Waals surface area (Å²) in [5, 5.41) is 8.89. The fraction of sp³-hybridized carbons (Fsp3) is 0.909. The molecule has 5 nitrogen and oxygen atoms in total. The summed E-state index contributed by atoms with van der Waals surface area (Å²) >= 11 is 0. The molecule has 1 N–H and O–H groups in total. The van der Waals surface area contributed by atoms with Crippen LogP contribution in [0.5, 0.6) is 0 Å². The largest absolute Gasteiger partial charge is 0.479 e. The summed E-state index contributed by atoms with van der Waals surface area (Å²) in [6, 6.07) is 0.279. The van der Waals surface area contributed by atoms with Crippen LogP contribution >= 0.6 is 0 Å². The van der Waals surface area contributed by atoms with Crippen molar-refractivity contribution in [3.05, 3.63) is 0 Å². The van der Waals surface area contributed by atoms with E-state index in [9.17, 15) is 4.79 Å². The van der Waals surface area contributed by atoms with E-state index < -0.39 is 12.1 Å². The molecule has 0 rings (SSSR count). The highest BCUT2D eigenvalue weighted by molar-refractivity contribution is 5.72. The quantitative estimate of drug-likeness (QED) is 0.639. The van der Waals surface area contributed by atoms with Crippen molar-refractivity contribution in [2.45, 2.75) is 32.4 Å². The van der Waals surface area contributed by atoms with Crippen LogP contribution in [0.2, 0.25) is 0 Å². The van der Waals surface area contributed by atoms with Gasteiger partial charge in [-0.2, -0.15) is 0 Å². The van der Waals surface area contributed by atoms with Crippen LogP contribution in [0.3, 0.4) is 0 Å². The molecular formula is C11H23NO4. The van der Waals surface area contributed by atoms with Crippen molar-refractivity contribution in [2.24, 2.45) is 0 Å². The van der Waals surface area contributed by atoms with Gasteiger partial charge < -0.3 is 19.5 Å². The van der Waals surface area contributed by atoms with Crippen LogP contribution in [0.4, 0.5) is 0 Å². The van der Waals surface area contributed by atoms with Gasteiger partial charge in [0.05, 0.1) is 6.61 Å². The van der Waals surface area contributed by atoms with Gasteiger partial charge in [-0.3, -0.25) is 0 Å². The molecule has 2 unspecified atom stereocenters. The van der Waals surface area contributed by atoms with E-state index in [-0.39, 0.29) is 6.04 Å². The minimum atomic E-state index is -0.894. The fourth-order valence-electron chi connectivity index (χ4n) is 1.39. The zero-order chi connectivity index (χ0) is 12.6. The predicted octanol–water partition coefficient (Wildman–Crippen LogP) is 0.833. The Bertz CT molecular complexity index is 198. The van der Waals surface area contributed by atoms with Crippen LogP contribution < -0.4 is 0 Å². The fourth-order valence-corrected chi connectivity index (χ4v) is 1.39. The maximum absolute atomic E-state index is 10.8. The first-order valence-electron chi connectivity index (χ1n) is 5.56. The van der Waals surface area contributed by atoms with E-state index in [0.29, 0.717) is 26.2 Å². The average Bonchev–Trinajstić information content (AvgIpc) is 2.23. The lowest BCUT2D eigenvalue weighted by atomic mass is 10.2. The highest BCUT2D eigenvalue weighted by atomic mass is 16.5. The Balaban J connectivity index is 3.94. The van der Waals surface area contributed by atoms with E-state index in [0.717, 1.165) is 0 Å². The molecular weight excluding hydrogens is 210 g/mol. The van der Waals surface area contributed by atoms with Crippen LogP contribution in [-0.2, 0) is 14.3 Å². The molecule has 0 aliphatic heterocycles. The lowest BCUT2D eigenvalue weighted by Crippen LogP contribution is -2.36. The van der Waals surface area contributed by atoms with Crippen molar-refractivity contribution in [2.75, 3.05) is 33.9 Å². The van der Waals surface area contributed by atoms with E-state index in [1.807, 2.05) is 14.0 Å². The number of ether oxygens (including phenoxy) is 2. The topological polar surface area (TPSA) is 59.0 Å². The second-order valence-electron chi connectivity index (χ2n) is 3.86. The summed E-state index contributed by atoms with van der Waals surface area (Å²) in [5.41, 5.74) is 0. The zero-order valence-electron chi connectivity index (χ0n) is 10.6. The van der Waals surface area contributed by atoms with Crippen molar-refractivity contribution in [1.82, 2.24) is 4.90 Å². The second-order valence-corrected chi connectivity index (χ2v) is 3.86. The number of hydrogen-bond acceptors (Lipinski definition) is 4. The molecule has 0 fully saturated rings. The van der Waals surface area contributed by atoms with Gasteiger partial charge >= 0.3 is 5.97 Å². The van der Waals surface area contributed by atoms with Crippen molar-refractivity contribution >= 4 is 5.97 Å². The van der Waals surface area contributed by atoms with Crippen LogP contribution in [0, 0.1) is 0 Å². The summed E-state index contributed by atoms with van der Waals surface area (Å²) < 4.78 is 10.2. The Kier molecular flexibility index (Phi) is 8.15. The monoisotopic (exact) mass is 233 g/mol. The molecule has 0 radical (unpaired) electrons. The summed E-state index contributed by atoms with van der Waals surface area (Å²) in [4.78, 5) is 12.9. The third-order valence-corrected chi connectivity index (χ3v) is 2.55. The molecule has 5 heteroatoms. The maximum Gasteiger partial charge on any atom is 0.332 e. The number of carbonyl (C=O) groups is 1. The highest BCUT2D eigenvalue weighted by Gasteiger charge is 2.19. The van der Waals surface area contributed by atoms with E-state index in [1.54, 1.807) is 14.0 Å². The van der Waals surface area contributed by atoms with Crippen LogP contribution in [0.1, 0.15) is 20.3 Å². The Hall–Kier alpha value is -0.650. The zero-order valence-corrected chi connectivity index (χ0v) is 10.6. The lowest BCUT2D eigenvalue weighted by molar-refractivity contribution is -0.150. The van der Waals surface area contributed by atoms with Crippen molar-refractivity contribution in [1.29, 1.82) is 0 Å². The van der Waals surface area contributed by atoms with Gasteiger partial charge in [0.1, 0.15) is 0 Å². The van der Waals surface area contributed by atoms with Gasteiger partial charge in [-0.25, -0.2) is 4.79 Å². The first-order chi connectivity index (χ1) is 7.52. The molecule has 0 amide bonds. The number of likely N-dealkylation sites (N-methyl/N-ethyl adjacent to an activating group) is 1. The molecule has 0 bridgehead atoms. The van der Waals surface area contributed by atoms with Crippen molar-refractivity contribution in [3.8, 4) is 0 Å². The SMILES string of the molecule is CCOC(CCN(C)C(C)COC)C(=O)O. The summed E-state index contributed by atoms with van der Waals surface area (Å²) in [6.07, 6.45) is -0.213. The third kappa shape index (κ3) is 6.05. The van der Waals surface area contributed by atoms with Gasteiger partial charge in [0.2, 0.25) is 0 Å². The van der Waals surface area contributed by atoms with Gasteiger partial charge in [-0.05, 0) is 27.3 Å².